The first-order valence-corrected chi connectivity index (χ1v) is 8.30. The van der Waals surface area contributed by atoms with Gasteiger partial charge in [0.2, 0.25) is 11.8 Å². The lowest BCUT2D eigenvalue weighted by Crippen LogP contribution is -2.28. The Labute approximate surface area is 155 Å². The number of hydrogen-bond acceptors (Lipinski definition) is 6. The number of imide groups is 1. The number of ether oxygens (including phenoxy) is 2. The Morgan fingerprint density at radius 3 is 2.22 bits per heavy atom. The Kier molecular flexibility index (Phi) is 5.30. The van der Waals surface area contributed by atoms with Crippen LogP contribution >= 0.6 is 0 Å². The number of carbonyl (C=O) groups excluding carboxylic acids is 4. The van der Waals surface area contributed by atoms with E-state index in [0.717, 1.165) is 4.90 Å². The highest BCUT2D eigenvalue weighted by Crippen LogP contribution is 2.23. The predicted octanol–water partition coefficient (Wildman–Crippen LogP) is 2.48. The first kappa shape index (κ1) is 18.3. The molecule has 1 saturated heterocycles. The Morgan fingerprint density at radius 2 is 1.59 bits per heavy atom. The summed E-state index contributed by atoms with van der Waals surface area (Å²) < 4.78 is 9.89. The molecule has 1 aliphatic rings. The second-order valence-corrected chi connectivity index (χ2v) is 5.94. The average Bonchev–Trinajstić information content (AvgIpc) is 3.04. The molecule has 3 rings (SSSR count). The van der Waals surface area contributed by atoms with Crippen molar-refractivity contribution in [3.8, 4) is 0 Å². The summed E-state index contributed by atoms with van der Waals surface area (Å²) in [5, 5.41) is 0. The van der Waals surface area contributed by atoms with E-state index in [1.165, 1.54) is 13.2 Å². The van der Waals surface area contributed by atoms with E-state index in [0.29, 0.717) is 16.8 Å². The summed E-state index contributed by atoms with van der Waals surface area (Å²) >= 11 is 0. The quantitative estimate of drug-likeness (QED) is 0.596. The molecule has 0 atom stereocenters. The zero-order valence-corrected chi connectivity index (χ0v) is 14.6. The van der Waals surface area contributed by atoms with E-state index < -0.39 is 11.9 Å². The van der Waals surface area contributed by atoms with Crippen LogP contribution in [0, 0.1) is 0 Å². The van der Waals surface area contributed by atoms with Crippen LogP contribution in [0.4, 0.5) is 5.69 Å². The number of amides is 2. The van der Waals surface area contributed by atoms with Crippen molar-refractivity contribution in [2.75, 3.05) is 12.0 Å². The van der Waals surface area contributed by atoms with Crippen molar-refractivity contribution in [2.24, 2.45) is 0 Å². The molecule has 138 valence electrons. The molecule has 2 amide bonds. The van der Waals surface area contributed by atoms with Gasteiger partial charge in [0.1, 0.15) is 6.61 Å². The number of benzene rings is 2. The summed E-state index contributed by atoms with van der Waals surface area (Å²) in [5.41, 5.74) is 1.71. The third-order valence-electron chi connectivity index (χ3n) is 4.14. The first-order chi connectivity index (χ1) is 13.0. The summed E-state index contributed by atoms with van der Waals surface area (Å²) in [6, 6.07) is 12.7. The molecule has 0 spiro atoms. The number of hydrogen-bond donors (Lipinski definition) is 0. The van der Waals surface area contributed by atoms with Crippen LogP contribution in [-0.4, -0.2) is 30.9 Å². The fourth-order valence-electron chi connectivity index (χ4n) is 2.72. The molecule has 27 heavy (non-hydrogen) atoms. The molecule has 0 aliphatic carbocycles. The van der Waals surface area contributed by atoms with Crippen LogP contribution in [0.3, 0.4) is 0 Å². The first-order valence-electron chi connectivity index (χ1n) is 8.30. The van der Waals surface area contributed by atoms with Crippen LogP contribution in [0.2, 0.25) is 0 Å². The number of esters is 2. The molecule has 0 saturated carbocycles. The van der Waals surface area contributed by atoms with Crippen LogP contribution in [0.25, 0.3) is 0 Å². The van der Waals surface area contributed by atoms with Gasteiger partial charge in [-0.2, -0.15) is 0 Å². The maximum atomic E-state index is 12.3. The molecule has 2 aromatic rings. The van der Waals surface area contributed by atoms with Crippen molar-refractivity contribution in [1.29, 1.82) is 0 Å². The van der Waals surface area contributed by atoms with Crippen LogP contribution in [0.15, 0.2) is 48.5 Å². The molecule has 2 aromatic carbocycles. The van der Waals surface area contributed by atoms with Crippen molar-refractivity contribution in [2.45, 2.75) is 19.4 Å². The SMILES string of the molecule is COC(=O)c1ccc(COC(=O)c2cccc(N3C(=O)CCC3=O)c2)cc1. The molecule has 1 aliphatic heterocycles. The number of methoxy groups -OCH3 is 1. The van der Waals surface area contributed by atoms with Crippen LogP contribution in [0.5, 0.6) is 0 Å². The smallest absolute Gasteiger partial charge is 0.338 e. The lowest BCUT2D eigenvalue weighted by molar-refractivity contribution is -0.121. The molecule has 1 heterocycles. The van der Waals surface area contributed by atoms with Gasteiger partial charge >= 0.3 is 11.9 Å². The average molecular weight is 367 g/mol. The summed E-state index contributed by atoms with van der Waals surface area (Å²) in [4.78, 5) is 48.4. The molecule has 1 fully saturated rings. The fraction of sp³-hybridized carbons (Fsp3) is 0.200. The molecule has 0 aromatic heterocycles. The topological polar surface area (TPSA) is 90.0 Å². The predicted molar refractivity (Wildman–Crippen MR) is 95.1 cm³/mol. The monoisotopic (exact) mass is 367 g/mol. The summed E-state index contributed by atoms with van der Waals surface area (Å²) in [5.74, 6) is -1.58. The van der Waals surface area contributed by atoms with E-state index in [4.69, 9.17) is 4.74 Å². The standard InChI is InChI=1S/C20H17NO6/c1-26-19(24)14-7-5-13(6-8-14)12-27-20(25)15-3-2-4-16(11-15)21-17(22)9-10-18(21)23/h2-8,11H,9-10,12H2,1H3. The van der Waals surface area contributed by atoms with E-state index in [9.17, 15) is 19.2 Å². The molecule has 0 radical (unpaired) electrons. The number of nitrogens with zero attached hydrogens (tertiary/aromatic N) is 1. The van der Waals surface area contributed by atoms with Gasteiger partial charge in [0.25, 0.3) is 0 Å². The minimum absolute atomic E-state index is 0.0199. The van der Waals surface area contributed by atoms with Crippen LogP contribution < -0.4 is 4.90 Å². The van der Waals surface area contributed by atoms with Gasteiger partial charge in [-0.3, -0.25) is 14.5 Å². The second kappa shape index (κ2) is 7.82. The van der Waals surface area contributed by atoms with Gasteiger partial charge in [-0.15, -0.1) is 0 Å². The fourth-order valence-corrected chi connectivity index (χ4v) is 2.72. The highest BCUT2D eigenvalue weighted by molar-refractivity contribution is 6.20. The Morgan fingerprint density at radius 1 is 0.926 bits per heavy atom. The molecule has 7 heteroatoms. The molecule has 7 nitrogen and oxygen atoms in total. The molecule has 0 unspecified atom stereocenters. The van der Waals surface area contributed by atoms with E-state index in [-0.39, 0.29) is 36.8 Å². The van der Waals surface area contributed by atoms with Crippen molar-refractivity contribution in [3.05, 3.63) is 65.2 Å². The Balaban J connectivity index is 1.66. The van der Waals surface area contributed by atoms with Crippen molar-refractivity contribution >= 4 is 29.4 Å². The maximum absolute atomic E-state index is 12.3. The van der Waals surface area contributed by atoms with E-state index >= 15 is 0 Å². The largest absolute Gasteiger partial charge is 0.465 e. The van der Waals surface area contributed by atoms with E-state index in [1.807, 2.05) is 0 Å². The van der Waals surface area contributed by atoms with E-state index in [1.54, 1.807) is 42.5 Å². The van der Waals surface area contributed by atoms with Gasteiger partial charge in [0.15, 0.2) is 0 Å². The lowest BCUT2D eigenvalue weighted by Gasteiger charge is -2.14. The number of anilines is 1. The van der Waals surface area contributed by atoms with Crippen LogP contribution in [0.1, 0.15) is 39.1 Å². The van der Waals surface area contributed by atoms with E-state index in [2.05, 4.69) is 4.74 Å². The van der Waals surface area contributed by atoms with Gasteiger partial charge in [0.05, 0.1) is 23.9 Å². The maximum Gasteiger partial charge on any atom is 0.338 e. The molecule has 0 N–H and O–H groups in total. The second-order valence-electron chi connectivity index (χ2n) is 5.94. The van der Waals surface area contributed by atoms with Crippen LogP contribution in [-0.2, 0) is 25.7 Å². The summed E-state index contributed by atoms with van der Waals surface area (Å²) in [6.07, 6.45) is 0.351. The summed E-state index contributed by atoms with van der Waals surface area (Å²) in [6.45, 7) is 0.0199. The van der Waals surface area contributed by atoms with Gasteiger partial charge in [-0.05, 0) is 35.9 Å². The van der Waals surface area contributed by atoms with Gasteiger partial charge in [-0.1, -0.05) is 18.2 Å². The van der Waals surface area contributed by atoms with Gasteiger partial charge in [0, 0.05) is 12.8 Å². The number of carbonyl (C=O) groups is 4. The van der Waals surface area contributed by atoms with Gasteiger partial charge in [-0.25, -0.2) is 9.59 Å². The number of rotatable bonds is 5. The zero-order valence-electron chi connectivity index (χ0n) is 14.6. The van der Waals surface area contributed by atoms with Gasteiger partial charge < -0.3 is 9.47 Å². The zero-order chi connectivity index (χ0) is 19.4. The van der Waals surface area contributed by atoms with Crippen molar-refractivity contribution in [1.82, 2.24) is 0 Å². The van der Waals surface area contributed by atoms with Crippen molar-refractivity contribution in [3.63, 3.8) is 0 Å². The third kappa shape index (κ3) is 4.03. The Hall–Kier alpha value is -3.48. The highest BCUT2D eigenvalue weighted by atomic mass is 16.5. The molecular weight excluding hydrogens is 350 g/mol. The molecular formula is C20H17NO6. The highest BCUT2D eigenvalue weighted by Gasteiger charge is 2.30. The minimum atomic E-state index is -0.576. The third-order valence-corrected chi connectivity index (χ3v) is 4.14. The van der Waals surface area contributed by atoms with Crippen molar-refractivity contribution < 1.29 is 28.7 Å². The minimum Gasteiger partial charge on any atom is -0.465 e. The lowest BCUT2D eigenvalue weighted by atomic mass is 10.1. The normalized spacial score (nSPS) is 13.6. The summed E-state index contributed by atoms with van der Waals surface area (Å²) in [7, 11) is 1.30. The molecule has 0 bridgehead atoms. The Bertz CT molecular complexity index is 887.